The first-order valence-corrected chi connectivity index (χ1v) is 8.99. The first-order valence-electron chi connectivity index (χ1n) is 7.47. The summed E-state index contributed by atoms with van der Waals surface area (Å²) in [5.41, 5.74) is -0.898. The van der Waals surface area contributed by atoms with Crippen LogP contribution < -0.4 is 5.32 Å². The van der Waals surface area contributed by atoms with E-state index in [0.717, 1.165) is 23.9 Å². The number of rotatable bonds is 10. The third-order valence-corrected chi connectivity index (χ3v) is 4.22. The van der Waals surface area contributed by atoms with E-state index in [1.807, 2.05) is 27.7 Å². The van der Waals surface area contributed by atoms with Gasteiger partial charge in [0.2, 0.25) is 0 Å². The molecule has 1 unspecified atom stereocenters. The largest absolute Gasteiger partial charge is 0.444 e. The normalized spacial score (nSPS) is 14.6. The van der Waals surface area contributed by atoms with Gasteiger partial charge in [-0.05, 0) is 34.1 Å². The Morgan fingerprint density at radius 3 is 2.33 bits per heavy atom. The highest BCUT2D eigenvalue weighted by atomic mass is 127. The molecule has 0 saturated carbocycles. The van der Waals surface area contributed by atoms with E-state index in [2.05, 4.69) is 34.8 Å². The molecular formula is C15H30INO4. The van der Waals surface area contributed by atoms with Gasteiger partial charge in [-0.2, -0.15) is 0 Å². The van der Waals surface area contributed by atoms with Crippen molar-refractivity contribution in [3.8, 4) is 0 Å². The Morgan fingerprint density at radius 2 is 1.81 bits per heavy atom. The number of hydrogen-bond acceptors (Lipinski definition) is 4. The molecule has 0 aliphatic rings. The first-order chi connectivity index (χ1) is 9.72. The van der Waals surface area contributed by atoms with Crippen LogP contribution in [0.4, 0.5) is 4.79 Å². The molecular weight excluding hydrogens is 385 g/mol. The molecule has 0 aromatic heterocycles. The molecule has 0 fully saturated rings. The summed E-state index contributed by atoms with van der Waals surface area (Å²) in [5, 5.41) is 2.76. The number of amides is 1. The molecule has 1 atom stereocenters. The minimum absolute atomic E-state index is 0.411. The number of nitrogens with one attached hydrogen (secondary N) is 1. The van der Waals surface area contributed by atoms with Gasteiger partial charge in [-0.25, -0.2) is 4.79 Å². The molecule has 6 heteroatoms. The van der Waals surface area contributed by atoms with Gasteiger partial charge < -0.3 is 19.5 Å². The summed E-state index contributed by atoms with van der Waals surface area (Å²) >= 11 is 2.26. The quantitative estimate of drug-likeness (QED) is 0.337. The zero-order valence-electron chi connectivity index (χ0n) is 14.0. The maximum absolute atomic E-state index is 11.7. The van der Waals surface area contributed by atoms with Crippen molar-refractivity contribution in [2.24, 2.45) is 0 Å². The lowest BCUT2D eigenvalue weighted by Crippen LogP contribution is -2.46. The monoisotopic (exact) mass is 415 g/mol. The highest BCUT2D eigenvalue weighted by molar-refractivity contribution is 14.1. The summed E-state index contributed by atoms with van der Waals surface area (Å²) < 4.78 is 17.3. The topological polar surface area (TPSA) is 56.8 Å². The van der Waals surface area contributed by atoms with E-state index in [9.17, 15) is 4.79 Å². The summed E-state index contributed by atoms with van der Waals surface area (Å²) in [6.45, 7) is 11.9. The van der Waals surface area contributed by atoms with E-state index in [1.165, 1.54) is 0 Å². The number of carbonyl (C=O) groups excluding carboxylic acids is 1. The van der Waals surface area contributed by atoms with Gasteiger partial charge in [0, 0.05) is 11.0 Å². The average Bonchev–Trinajstić information content (AvgIpc) is 2.39. The third kappa shape index (κ3) is 12.2. The molecule has 1 N–H and O–H groups in total. The highest BCUT2D eigenvalue weighted by Gasteiger charge is 2.26. The van der Waals surface area contributed by atoms with Gasteiger partial charge in [0.25, 0.3) is 0 Å². The molecule has 126 valence electrons. The highest BCUT2D eigenvalue weighted by Crippen LogP contribution is 2.14. The maximum Gasteiger partial charge on any atom is 0.407 e. The van der Waals surface area contributed by atoms with Gasteiger partial charge in [0.05, 0.1) is 25.4 Å². The van der Waals surface area contributed by atoms with Crippen LogP contribution >= 0.6 is 22.6 Å². The molecule has 0 saturated heterocycles. The third-order valence-electron chi connectivity index (χ3n) is 2.61. The molecule has 0 rings (SSSR count). The van der Waals surface area contributed by atoms with Crippen LogP contribution in [0, 0.1) is 0 Å². The first kappa shape index (κ1) is 20.9. The molecule has 0 aliphatic carbocycles. The number of alkyl halides is 1. The predicted molar refractivity (Wildman–Crippen MR) is 93.2 cm³/mol. The molecule has 0 spiro atoms. The van der Waals surface area contributed by atoms with Crippen molar-refractivity contribution in [1.29, 1.82) is 0 Å². The standard InChI is InChI=1S/C15H30INO4/c1-6-7-8-19-9-10-20-15(5,11-16)12-17-13(18)21-14(2,3)4/h6-12H2,1-5H3,(H,17,18). The molecule has 21 heavy (non-hydrogen) atoms. The van der Waals surface area contributed by atoms with Crippen LogP contribution in [0.5, 0.6) is 0 Å². The molecule has 0 aliphatic heterocycles. The Hall–Kier alpha value is -0.0800. The number of hydrogen-bond donors (Lipinski definition) is 1. The lowest BCUT2D eigenvalue weighted by molar-refractivity contribution is -0.0413. The number of carbonyl (C=O) groups is 1. The van der Waals surface area contributed by atoms with Gasteiger partial charge in [-0.15, -0.1) is 0 Å². The van der Waals surface area contributed by atoms with Crippen molar-refractivity contribution in [2.75, 3.05) is 30.8 Å². The van der Waals surface area contributed by atoms with Crippen LogP contribution in [0.3, 0.4) is 0 Å². The van der Waals surface area contributed by atoms with Crippen LogP contribution in [0.1, 0.15) is 47.5 Å². The second-order valence-electron chi connectivity index (χ2n) is 6.25. The Morgan fingerprint density at radius 1 is 1.14 bits per heavy atom. The minimum atomic E-state index is -0.487. The minimum Gasteiger partial charge on any atom is -0.444 e. The summed E-state index contributed by atoms with van der Waals surface area (Å²) in [6.07, 6.45) is 1.79. The number of ether oxygens (including phenoxy) is 3. The number of halogens is 1. The lowest BCUT2D eigenvalue weighted by atomic mass is 10.1. The van der Waals surface area contributed by atoms with Crippen molar-refractivity contribution >= 4 is 28.7 Å². The van der Waals surface area contributed by atoms with Crippen LogP contribution in [-0.4, -0.2) is 48.1 Å². The van der Waals surface area contributed by atoms with Gasteiger partial charge in [-0.3, -0.25) is 0 Å². The summed E-state index contributed by atoms with van der Waals surface area (Å²) in [6, 6.07) is 0. The molecule has 0 aromatic rings. The fourth-order valence-corrected chi connectivity index (χ4v) is 1.90. The van der Waals surface area contributed by atoms with E-state index in [4.69, 9.17) is 14.2 Å². The van der Waals surface area contributed by atoms with E-state index in [-0.39, 0.29) is 0 Å². The van der Waals surface area contributed by atoms with Gasteiger partial charge in [0.15, 0.2) is 0 Å². The van der Waals surface area contributed by atoms with Crippen molar-refractivity contribution in [3.05, 3.63) is 0 Å². The average molecular weight is 415 g/mol. The predicted octanol–water partition coefficient (Wildman–Crippen LogP) is 3.54. The molecule has 0 bridgehead atoms. The summed E-state index contributed by atoms with van der Waals surface area (Å²) in [4.78, 5) is 11.7. The van der Waals surface area contributed by atoms with Gasteiger partial charge >= 0.3 is 6.09 Å². The molecule has 5 nitrogen and oxygen atoms in total. The Bertz CT molecular complexity index is 294. The summed E-state index contributed by atoms with van der Waals surface area (Å²) in [7, 11) is 0. The fraction of sp³-hybridized carbons (Fsp3) is 0.933. The molecule has 0 heterocycles. The smallest absolute Gasteiger partial charge is 0.407 e. The van der Waals surface area contributed by atoms with Crippen LogP contribution in [0.15, 0.2) is 0 Å². The van der Waals surface area contributed by atoms with Crippen LogP contribution in [0.2, 0.25) is 0 Å². The Balaban J connectivity index is 3.96. The summed E-state index contributed by atoms with van der Waals surface area (Å²) in [5.74, 6) is 0. The number of alkyl carbamates (subject to hydrolysis) is 1. The SMILES string of the molecule is CCCCOCCOC(C)(CI)CNC(=O)OC(C)(C)C. The van der Waals surface area contributed by atoms with E-state index in [1.54, 1.807) is 0 Å². The van der Waals surface area contributed by atoms with E-state index in [0.29, 0.717) is 19.8 Å². The zero-order valence-corrected chi connectivity index (χ0v) is 16.1. The maximum atomic E-state index is 11.7. The van der Waals surface area contributed by atoms with Crippen molar-refractivity contribution < 1.29 is 19.0 Å². The van der Waals surface area contributed by atoms with Crippen molar-refractivity contribution in [3.63, 3.8) is 0 Å². The number of unbranched alkanes of at least 4 members (excludes halogenated alkanes) is 1. The van der Waals surface area contributed by atoms with Crippen LogP contribution in [0.25, 0.3) is 0 Å². The molecule has 1 amide bonds. The van der Waals surface area contributed by atoms with E-state index < -0.39 is 17.3 Å². The van der Waals surface area contributed by atoms with Gasteiger partial charge in [0.1, 0.15) is 5.60 Å². The van der Waals surface area contributed by atoms with Crippen molar-refractivity contribution in [1.82, 2.24) is 5.32 Å². The lowest BCUT2D eigenvalue weighted by Gasteiger charge is -2.29. The molecule has 0 radical (unpaired) electrons. The van der Waals surface area contributed by atoms with Gasteiger partial charge in [-0.1, -0.05) is 35.9 Å². The molecule has 0 aromatic carbocycles. The fourth-order valence-electron chi connectivity index (χ4n) is 1.41. The zero-order chi connectivity index (χ0) is 16.4. The second kappa shape index (κ2) is 10.6. The Kier molecular flexibility index (Phi) is 10.6. The second-order valence-corrected chi connectivity index (χ2v) is 7.02. The van der Waals surface area contributed by atoms with Crippen LogP contribution in [-0.2, 0) is 14.2 Å². The Labute approximate surface area is 142 Å². The van der Waals surface area contributed by atoms with E-state index >= 15 is 0 Å². The van der Waals surface area contributed by atoms with Crippen molar-refractivity contribution in [2.45, 2.75) is 58.7 Å².